The van der Waals surface area contributed by atoms with Gasteiger partial charge in [-0.15, -0.1) is 0 Å². The van der Waals surface area contributed by atoms with Crippen molar-refractivity contribution in [3.8, 4) is 0 Å². The second-order valence-corrected chi connectivity index (χ2v) is 6.77. The van der Waals surface area contributed by atoms with E-state index in [4.69, 9.17) is 5.14 Å². The normalized spacial score (nSPS) is 11.1. The number of rotatable bonds is 4. The molecule has 0 unspecified atom stereocenters. The summed E-state index contributed by atoms with van der Waals surface area (Å²) in [5.41, 5.74) is 1.02. The number of carbonyl (C=O) groups excluding carboxylic acids is 1. The summed E-state index contributed by atoms with van der Waals surface area (Å²) in [6, 6.07) is 8.35. The summed E-state index contributed by atoms with van der Waals surface area (Å²) < 4.78 is 23.0. The minimum Gasteiger partial charge on any atom is -0.322 e. The fourth-order valence-corrected chi connectivity index (χ4v) is 2.94. The molecule has 126 valence electrons. The standard InChI is InChI=1S/C15H15N3O5S/c1-9-3-5-11(7-13(9)18(20)21)15(19)17-12-6-4-10(2)14(8-12)24(16,22)23/h3-8H,1-2H3,(H,17,19)(H2,16,22,23). The number of primary sulfonamides is 1. The van der Waals surface area contributed by atoms with Gasteiger partial charge in [-0.2, -0.15) is 0 Å². The Bertz CT molecular complexity index is 938. The van der Waals surface area contributed by atoms with Gasteiger partial charge in [0, 0.05) is 22.9 Å². The molecule has 2 aromatic rings. The second kappa shape index (κ2) is 6.38. The highest BCUT2D eigenvalue weighted by Gasteiger charge is 2.17. The number of hydrogen-bond acceptors (Lipinski definition) is 5. The predicted octanol–water partition coefficient (Wildman–Crippen LogP) is 2.11. The van der Waals surface area contributed by atoms with E-state index in [-0.39, 0.29) is 21.8 Å². The highest BCUT2D eigenvalue weighted by molar-refractivity contribution is 7.89. The summed E-state index contributed by atoms with van der Waals surface area (Å²) >= 11 is 0. The van der Waals surface area contributed by atoms with Gasteiger partial charge >= 0.3 is 0 Å². The van der Waals surface area contributed by atoms with Crippen LogP contribution in [0.2, 0.25) is 0 Å². The van der Waals surface area contributed by atoms with Crippen molar-refractivity contribution in [2.24, 2.45) is 5.14 Å². The molecule has 0 radical (unpaired) electrons. The van der Waals surface area contributed by atoms with Crippen LogP contribution in [-0.2, 0) is 10.0 Å². The summed E-state index contributed by atoms with van der Waals surface area (Å²) in [5.74, 6) is -0.595. The number of benzene rings is 2. The molecule has 9 heteroatoms. The van der Waals surface area contributed by atoms with Crippen LogP contribution in [0, 0.1) is 24.0 Å². The molecule has 0 aromatic heterocycles. The molecule has 0 heterocycles. The van der Waals surface area contributed by atoms with Crippen LogP contribution in [0.15, 0.2) is 41.3 Å². The number of nitrogens with zero attached hydrogens (tertiary/aromatic N) is 1. The maximum Gasteiger partial charge on any atom is 0.273 e. The van der Waals surface area contributed by atoms with Crippen LogP contribution in [-0.4, -0.2) is 19.2 Å². The maximum atomic E-state index is 12.2. The Hall–Kier alpha value is -2.78. The minimum absolute atomic E-state index is 0.0880. The Morgan fingerprint density at radius 3 is 2.33 bits per heavy atom. The lowest BCUT2D eigenvalue weighted by atomic mass is 10.1. The third kappa shape index (κ3) is 3.76. The summed E-state index contributed by atoms with van der Waals surface area (Å²) in [7, 11) is -3.92. The molecule has 0 aliphatic heterocycles. The predicted molar refractivity (Wildman–Crippen MR) is 88.3 cm³/mol. The van der Waals surface area contributed by atoms with Gasteiger partial charge in [-0.3, -0.25) is 14.9 Å². The molecule has 0 fully saturated rings. The van der Waals surface area contributed by atoms with Gasteiger partial charge in [0.15, 0.2) is 0 Å². The van der Waals surface area contributed by atoms with Crippen LogP contribution in [0.25, 0.3) is 0 Å². The van der Waals surface area contributed by atoms with E-state index in [0.29, 0.717) is 11.1 Å². The van der Waals surface area contributed by atoms with E-state index in [1.165, 1.54) is 36.4 Å². The molecule has 24 heavy (non-hydrogen) atoms. The van der Waals surface area contributed by atoms with Crippen molar-refractivity contribution < 1.29 is 18.1 Å². The molecule has 8 nitrogen and oxygen atoms in total. The molecule has 0 aliphatic carbocycles. The van der Waals surface area contributed by atoms with Crippen molar-refractivity contribution in [1.29, 1.82) is 0 Å². The average Bonchev–Trinajstić information content (AvgIpc) is 2.48. The van der Waals surface area contributed by atoms with Crippen molar-refractivity contribution in [3.05, 3.63) is 63.2 Å². The molecule has 2 aromatic carbocycles. The van der Waals surface area contributed by atoms with Crippen LogP contribution < -0.4 is 10.5 Å². The number of sulfonamides is 1. The SMILES string of the molecule is Cc1ccc(C(=O)Nc2ccc(C)c(S(N)(=O)=O)c2)cc1[N+](=O)[O-]. The fraction of sp³-hybridized carbons (Fsp3) is 0.133. The molecular formula is C15H15N3O5S. The first-order valence-electron chi connectivity index (χ1n) is 6.79. The van der Waals surface area contributed by atoms with Crippen molar-refractivity contribution in [2.75, 3.05) is 5.32 Å². The second-order valence-electron chi connectivity index (χ2n) is 5.24. The monoisotopic (exact) mass is 349 g/mol. The van der Waals surface area contributed by atoms with E-state index >= 15 is 0 Å². The zero-order valence-electron chi connectivity index (χ0n) is 12.9. The Balaban J connectivity index is 2.34. The van der Waals surface area contributed by atoms with Crippen LogP contribution in [0.4, 0.5) is 11.4 Å². The van der Waals surface area contributed by atoms with E-state index in [9.17, 15) is 23.3 Å². The van der Waals surface area contributed by atoms with E-state index in [2.05, 4.69) is 5.32 Å². The third-order valence-electron chi connectivity index (χ3n) is 3.42. The topological polar surface area (TPSA) is 132 Å². The zero-order valence-corrected chi connectivity index (χ0v) is 13.8. The minimum atomic E-state index is -3.92. The number of nitro groups is 1. The molecule has 0 spiro atoms. The van der Waals surface area contributed by atoms with Crippen LogP contribution >= 0.6 is 0 Å². The van der Waals surface area contributed by atoms with Gasteiger partial charge in [0.05, 0.1) is 9.82 Å². The molecule has 0 bridgehead atoms. The van der Waals surface area contributed by atoms with E-state index in [0.717, 1.165) is 0 Å². The molecule has 2 rings (SSSR count). The number of carbonyl (C=O) groups is 1. The van der Waals surface area contributed by atoms with Gasteiger partial charge < -0.3 is 5.32 Å². The van der Waals surface area contributed by atoms with E-state index in [1.807, 2.05) is 0 Å². The van der Waals surface area contributed by atoms with Crippen molar-refractivity contribution >= 4 is 27.3 Å². The van der Waals surface area contributed by atoms with Crippen molar-refractivity contribution in [3.63, 3.8) is 0 Å². The molecule has 0 atom stereocenters. The van der Waals surface area contributed by atoms with Crippen LogP contribution in [0.3, 0.4) is 0 Å². The summed E-state index contributed by atoms with van der Waals surface area (Å²) in [6.07, 6.45) is 0. The van der Waals surface area contributed by atoms with Crippen LogP contribution in [0.1, 0.15) is 21.5 Å². The smallest absolute Gasteiger partial charge is 0.273 e. The number of nitrogens with one attached hydrogen (secondary N) is 1. The first kappa shape index (κ1) is 17.6. The molecule has 1 amide bonds. The van der Waals surface area contributed by atoms with Gasteiger partial charge in [-0.05, 0) is 37.6 Å². The van der Waals surface area contributed by atoms with Gasteiger partial charge in [-0.25, -0.2) is 13.6 Å². The lowest BCUT2D eigenvalue weighted by Gasteiger charge is -2.09. The van der Waals surface area contributed by atoms with Gasteiger partial charge in [0.25, 0.3) is 11.6 Å². The molecule has 0 aliphatic rings. The first-order chi connectivity index (χ1) is 11.1. The zero-order chi connectivity index (χ0) is 18.1. The van der Waals surface area contributed by atoms with Crippen molar-refractivity contribution in [1.82, 2.24) is 0 Å². The number of amides is 1. The van der Waals surface area contributed by atoms with Gasteiger partial charge in [0.1, 0.15) is 0 Å². The summed E-state index contributed by atoms with van der Waals surface area (Å²) in [6.45, 7) is 3.15. The number of aryl methyl sites for hydroxylation is 2. The molecule has 0 saturated heterocycles. The largest absolute Gasteiger partial charge is 0.322 e. The maximum absolute atomic E-state index is 12.2. The number of nitrogens with two attached hydrogens (primary N) is 1. The lowest BCUT2D eigenvalue weighted by molar-refractivity contribution is -0.385. The summed E-state index contributed by atoms with van der Waals surface area (Å²) in [4.78, 5) is 22.5. The van der Waals surface area contributed by atoms with E-state index in [1.54, 1.807) is 13.8 Å². The Kier molecular flexibility index (Phi) is 4.67. The molecule has 3 N–H and O–H groups in total. The summed E-state index contributed by atoms with van der Waals surface area (Å²) in [5, 5.41) is 18.6. The number of nitro benzene ring substituents is 1. The van der Waals surface area contributed by atoms with E-state index < -0.39 is 20.9 Å². The lowest BCUT2D eigenvalue weighted by Crippen LogP contribution is -2.16. The fourth-order valence-electron chi connectivity index (χ4n) is 2.13. The van der Waals surface area contributed by atoms with Gasteiger partial charge in [-0.1, -0.05) is 12.1 Å². The van der Waals surface area contributed by atoms with Crippen LogP contribution in [0.5, 0.6) is 0 Å². The first-order valence-corrected chi connectivity index (χ1v) is 8.34. The Morgan fingerprint density at radius 1 is 1.12 bits per heavy atom. The highest BCUT2D eigenvalue weighted by atomic mass is 32.2. The Labute approximate surface area is 138 Å². The Morgan fingerprint density at radius 2 is 1.75 bits per heavy atom. The third-order valence-corrected chi connectivity index (χ3v) is 4.47. The number of anilines is 1. The average molecular weight is 349 g/mol. The molecular weight excluding hydrogens is 334 g/mol. The quantitative estimate of drug-likeness (QED) is 0.644. The molecule has 0 saturated carbocycles. The highest BCUT2D eigenvalue weighted by Crippen LogP contribution is 2.22. The van der Waals surface area contributed by atoms with Crippen molar-refractivity contribution in [2.45, 2.75) is 18.7 Å². The number of hydrogen-bond donors (Lipinski definition) is 2. The van der Waals surface area contributed by atoms with Gasteiger partial charge in [0.2, 0.25) is 10.0 Å².